The van der Waals surface area contributed by atoms with Gasteiger partial charge < -0.3 is 15.3 Å². The summed E-state index contributed by atoms with van der Waals surface area (Å²) in [6.07, 6.45) is 1.91. The Hall–Kier alpha value is -0.410. The Balaban J connectivity index is 0.00000529. The minimum absolute atomic E-state index is 0. The van der Waals surface area contributed by atoms with Crippen LogP contribution in [-0.2, 0) is 6.54 Å². The summed E-state index contributed by atoms with van der Waals surface area (Å²) >= 11 is 1.68. The summed E-state index contributed by atoms with van der Waals surface area (Å²) in [5, 5.41) is 15.8. The smallest absolute Gasteiger partial charge is 0.194 e. The molecule has 0 saturated carbocycles. The topological polar surface area (TPSA) is 60.8 Å². The molecule has 1 aromatic heterocycles. The monoisotopic (exact) mass is 468 g/mol. The van der Waals surface area contributed by atoms with Crippen molar-refractivity contribution in [2.75, 3.05) is 26.7 Å². The summed E-state index contributed by atoms with van der Waals surface area (Å²) in [6.45, 7) is 11.1. The van der Waals surface area contributed by atoms with Crippen LogP contribution in [0.1, 0.15) is 44.3 Å². The fourth-order valence-corrected chi connectivity index (χ4v) is 3.22. The highest BCUT2D eigenvalue weighted by atomic mass is 127. The molecule has 24 heavy (non-hydrogen) atoms. The third-order valence-corrected chi connectivity index (χ3v) is 4.43. The molecule has 0 spiro atoms. The maximum absolute atomic E-state index is 9.24. The zero-order valence-corrected chi connectivity index (χ0v) is 18.7. The van der Waals surface area contributed by atoms with Crippen molar-refractivity contribution in [3.8, 4) is 0 Å². The molecule has 0 aliphatic carbocycles. The van der Waals surface area contributed by atoms with Gasteiger partial charge in [0.15, 0.2) is 5.96 Å². The zero-order chi connectivity index (χ0) is 17.2. The standard InChI is InChI=1S/C17H32N4OS.HI/c1-6-18-17(19-10-15(7-8-22)9-13(2)3)21(5)11-16-12-23-14(4)20-16;/h12-13,15,22H,6-11H2,1-5H3,(H,18,19);1H. The molecule has 1 aromatic rings. The Bertz CT molecular complexity index is 479. The van der Waals surface area contributed by atoms with E-state index in [2.05, 4.69) is 41.4 Å². The van der Waals surface area contributed by atoms with Crippen LogP contribution in [0, 0.1) is 18.8 Å². The van der Waals surface area contributed by atoms with E-state index in [0.29, 0.717) is 11.8 Å². The molecule has 0 amide bonds. The lowest BCUT2D eigenvalue weighted by Gasteiger charge is -2.23. The predicted molar refractivity (Wildman–Crippen MR) is 114 cm³/mol. The van der Waals surface area contributed by atoms with Gasteiger partial charge in [-0.05, 0) is 38.5 Å². The van der Waals surface area contributed by atoms with E-state index in [-0.39, 0.29) is 30.6 Å². The van der Waals surface area contributed by atoms with Gasteiger partial charge in [0.05, 0.1) is 17.2 Å². The van der Waals surface area contributed by atoms with E-state index in [4.69, 9.17) is 4.99 Å². The molecule has 1 heterocycles. The van der Waals surface area contributed by atoms with Crippen LogP contribution in [0.3, 0.4) is 0 Å². The van der Waals surface area contributed by atoms with Gasteiger partial charge in [0, 0.05) is 32.1 Å². The first-order valence-corrected chi connectivity index (χ1v) is 9.35. The van der Waals surface area contributed by atoms with E-state index in [1.807, 2.05) is 14.0 Å². The van der Waals surface area contributed by atoms with Gasteiger partial charge in [-0.15, -0.1) is 35.3 Å². The molecular formula is C17H33IN4OS. The Kier molecular flexibility index (Phi) is 12.7. The molecule has 0 radical (unpaired) electrons. The molecule has 0 aromatic carbocycles. The number of aliphatic hydroxyl groups excluding tert-OH is 1. The Morgan fingerprint density at radius 2 is 2.17 bits per heavy atom. The minimum atomic E-state index is 0. The van der Waals surface area contributed by atoms with E-state index in [0.717, 1.165) is 49.1 Å². The first-order chi connectivity index (χ1) is 11.0. The molecule has 1 unspecified atom stereocenters. The highest BCUT2D eigenvalue weighted by Crippen LogP contribution is 2.16. The van der Waals surface area contributed by atoms with Crippen molar-refractivity contribution in [1.29, 1.82) is 0 Å². The zero-order valence-electron chi connectivity index (χ0n) is 15.6. The number of hydrogen-bond donors (Lipinski definition) is 2. The van der Waals surface area contributed by atoms with Crippen molar-refractivity contribution in [3.63, 3.8) is 0 Å². The van der Waals surface area contributed by atoms with E-state index < -0.39 is 0 Å². The number of aromatic nitrogens is 1. The van der Waals surface area contributed by atoms with Gasteiger partial charge in [-0.1, -0.05) is 13.8 Å². The second-order valence-corrected chi connectivity index (χ2v) is 7.48. The van der Waals surface area contributed by atoms with Crippen LogP contribution in [0.4, 0.5) is 0 Å². The number of nitrogens with one attached hydrogen (secondary N) is 1. The van der Waals surface area contributed by atoms with Crippen molar-refractivity contribution in [2.45, 2.75) is 47.1 Å². The van der Waals surface area contributed by atoms with Gasteiger partial charge in [-0.3, -0.25) is 4.99 Å². The maximum atomic E-state index is 9.24. The maximum Gasteiger partial charge on any atom is 0.194 e. The average molecular weight is 468 g/mol. The largest absolute Gasteiger partial charge is 0.396 e. The molecule has 1 rings (SSSR count). The number of rotatable bonds is 9. The van der Waals surface area contributed by atoms with Crippen LogP contribution in [0.25, 0.3) is 0 Å². The summed E-state index contributed by atoms with van der Waals surface area (Å²) in [7, 11) is 2.04. The number of guanidine groups is 1. The molecular weight excluding hydrogens is 435 g/mol. The number of hydrogen-bond acceptors (Lipinski definition) is 4. The number of aliphatic imine (C=N–C) groups is 1. The van der Waals surface area contributed by atoms with E-state index in [9.17, 15) is 5.11 Å². The summed E-state index contributed by atoms with van der Waals surface area (Å²) in [5.41, 5.74) is 1.08. The highest BCUT2D eigenvalue weighted by molar-refractivity contribution is 14.0. The van der Waals surface area contributed by atoms with E-state index >= 15 is 0 Å². The molecule has 1 atom stereocenters. The first-order valence-electron chi connectivity index (χ1n) is 8.47. The quantitative estimate of drug-likeness (QED) is 0.331. The summed E-state index contributed by atoms with van der Waals surface area (Å²) in [4.78, 5) is 11.4. The Morgan fingerprint density at radius 3 is 2.67 bits per heavy atom. The second kappa shape index (κ2) is 12.9. The molecule has 0 aliphatic heterocycles. The van der Waals surface area contributed by atoms with Crippen LogP contribution in [0.5, 0.6) is 0 Å². The van der Waals surface area contributed by atoms with Gasteiger partial charge in [0.25, 0.3) is 0 Å². The van der Waals surface area contributed by atoms with Crippen molar-refractivity contribution in [2.24, 2.45) is 16.8 Å². The molecule has 2 N–H and O–H groups in total. The van der Waals surface area contributed by atoms with E-state index in [1.54, 1.807) is 11.3 Å². The lowest BCUT2D eigenvalue weighted by molar-refractivity contribution is 0.245. The summed E-state index contributed by atoms with van der Waals surface area (Å²) < 4.78 is 0. The van der Waals surface area contributed by atoms with Crippen molar-refractivity contribution in [1.82, 2.24) is 15.2 Å². The summed E-state index contributed by atoms with van der Waals surface area (Å²) in [6, 6.07) is 0. The number of nitrogens with zero attached hydrogens (tertiary/aromatic N) is 3. The van der Waals surface area contributed by atoms with Gasteiger partial charge >= 0.3 is 0 Å². The SMILES string of the molecule is CCNC(=NCC(CCO)CC(C)C)N(C)Cc1csc(C)n1.I. The second-order valence-electron chi connectivity index (χ2n) is 6.42. The molecule has 0 saturated heterocycles. The third-order valence-electron chi connectivity index (χ3n) is 3.60. The molecule has 7 heteroatoms. The highest BCUT2D eigenvalue weighted by Gasteiger charge is 2.13. The average Bonchev–Trinajstić information content (AvgIpc) is 2.87. The molecule has 5 nitrogen and oxygen atoms in total. The fraction of sp³-hybridized carbons (Fsp3) is 0.765. The number of thiazole rings is 1. The minimum Gasteiger partial charge on any atom is -0.396 e. The van der Waals surface area contributed by atoms with Crippen molar-refractivity contribution in [3.05, 3.63) is 16.1 Å². The van der Waals surface area contributed by atoms with Gasteiger partial charge in [-0.2, -0.15) is 0 Å². The Morgan fingerprint density at radius 1 is 1.46 bits per heavy atom. The van der Waals surface area contributed by atoms with Crippen LogP contribution in [0.15, 0.2) is 10.4 Å². The molecule has 140 valence electrons. The lowest BCUT2D eigenvalue weighted by Crippen LogP contribution is -2.39. The molecule has 0 aliphatic rings. The first kappa shape index (κ1) is 23.6. The van der Waals surface area contributed by atoms with Crippen LogP contribution in [-0.4, -0.2) is 47.7 Å². The number of aliphatic hydroxyl groups is 1. The van der Waals surface area contributed by atoms with Gasteiger partial charge in [0.1, 0.15) is 0 Å². The van der Waals surface area contributed by atoms with Crippen molar-refractivity contribution < 1.29 is 5.11 Å². The van der Waals surface area contributed by atoms with Crippen LogP contribution >= 0.6 is 35.3 Å². The van der Waals surface area contributed by atoms with Crippen molar-refractivity contribution >= 4 is 41.3 Å². The van der Waals surface area contributed by atoms with Gasteiger partial charge in [-0.25, -0.2) is 4.98 Å². The number of halogens is 1. The molecule has 0 fully saturated rings. The lowest BCUT2D eigenvalue weighted by atomic mass is 9.94. The Labute approximate surface area is 168 Å². The summed E-state index contributed by atoms with van der Waals surface area (Å²) in [5.74, 6) is 1.97. The molecule has 0 bridgehead atoms. The van der Waals surface area contributed by atoms with Crippen LogP contribution < -0.4 is 5.32 Å². The van der Waals surface area contributed by atoms with Gasteiger partial charge in [0.2, 0.25) is 0 Å². The normalized spacial score (nSPS) is 12.9. The number of aryl methyl sites for hydroxylation is 1. The van der Waals surface area contributed by atoms with Crippen LogP contribution in [0.2, 0.25) is 0 Å². The third kappa shape index (κ3) is 9.17. The predicted octanol–water partition coefficient (Wildman–Crippen LogP) is 3.51. The fourth-order valence-electron chi connectivity index (χ4n) is 2.62. The van der Waals surface area contributed by atoms with E-state index in [1.165, 1.54) is 0 Å².